The summed E-state index contributed by atoms with van der Waals surface area (Å²) >= 11 is 1.54. The molecule has 23 heavy (non-hydrogen) atoms. The van der Waals surface area contributed by atoms with Gasteiger partial charge in [-0.1, -0.05) is 30.3 Å². The van der Waals surface area contributed by atoms with Gasteiger partial charge < -0.3 is 4.90 Å². The van der Waals surface area contributed by atoms with Gasteiger partial charge in [-0.25, -0.2) is 4.98 Å². The molecular weight excluding hydrogens is 306 g/mol. The maximum Gasteiger partial charge on any atom is 0.254 e. The number of hydrogen-bond donors (Lipinski definition) is 0. The zero-order valence-corrected chi connectivity index (χ0v) is 13.9. The topological polar surface area (TPSA) is 46.1 Å². The van der Waals surface area contributed by atoms with Crippen LogP contribution in [0.4, 0.5) is 0 Å². The van der Waals surface area contributed by atoms with E-state index in [4.69, 9.17) is 0 Å². The molecule has 2 heterocycles. The monoisotopic (exact) mass is 323 g/mol. The van der Waals surface area contributed by atoms with Crippen molar-refractivity contribution in [1.29, 1.82) is 0 Å². The van der Waals surface area contributed by atoms with E-state index < -0.39 is 0 Å². The highest BCUT2D eigenvalue weighted by molar-refractivity contribution is 7.13. The quantitative estimate of drug-likeness (QED) is 0.734. The van der Waals surface area contributed by atoms with E-state index >= 15 is 0 Å². The Morgan fingerprint density at radius 3 is 2.65 bits per heavy atom. The lowest BCUT2D eigenvalue weighted by Crippen LogP contribution is -2.26. The number of hydrogen-bond acceptors (Lipinski definition) is 4. The Bertz CT molecular complexity index is 814. The third-order valence-electron chi connectivity index (χ3n) is 3.59. The summed E-state index contributed by atoms with van der Waals surface area (Å²) in [5, 5.41) is 0. The average molecular weight is 323 g/mol. The number of carbonyl (C=O) groups excluding carboxylic acids is 1. The van der Waals surface area contributed by atoms with E-state index in [9.17, 15) is 4.79 Å². The first-order valence-corrected chi connectivity index (χ1v) is 8.19. The van der Waals surface area contributed by atoms with Crippen molar-refractivity contribution in [2.75, 3.05) is 7.05 Å². The lowest BCUT2D eigenvalue weighted by molar-refractivity contribution is 0.0785. The lowest BCUT2D eigenvalue weighted by atomic mass is 10.1. The number of rotatable bonds is 4. The first kappa shape index (κ1) is 15.4. The summed E-state index contributed by atoms with van der Waals surface area (Å²) in [6, 6.07) is 13.5. The van der Waals surface area contributed by atoms with Crippen molar-refractivity contribution < 1.29 is 4.79 Å². The predicted molar refractivity (Wildman–Crippen MR) is 92.3 cm³/mol. The normalized spacial score (nSPS) is 10.5. The zero-order valence-electron chi connectivity index (χ0n) is 13.1. The molecule has 116 valence electrons. The highest BCUT2D eigenvalue weighted by atomic mass is 32.1. The SMILES string of the molecule is Cc1ncsc1-c1cc(C(=O)N(C)Cc2ccccc2)ccn1. The lowest BCUT2D eigenvalue weighted by Gasteiger charge is -2.17. The van der Waals surface area contributed by atoms with Crippen LogP contribution in [0.25, 0.3) is 10.6 Å². The Hall–Kier alpha value is -2.53. The van der Waals surface area contributed by atoms with Crippen LogP contribution in [0, 0.1) is 6.92 Å². The molecule has 0 atom stereocenters. The first-order valence-electron chi connectivity index (χ1n) is 7.31. The number of benzene rings is 1. The number of aromatic nitrogens is 2. The minimum absolute atomic E-state index is 0.0142. The smallest absolute Gasteiger partial charge is 0.254 e. The molecule has 0 unspecified atom stereocenters. The number of nitrogens with zero attached hydrogens (tertiary/aromatic N) is 3. The van der Waals surface area contributed by atoms with Crippen molar-refractivity contribution in [3.63, 3.8) is 0 Å². The van der Waals surface area contributed by atoms with Gasteiger partial charge >= 0.3 is 0 Å². The molecule has 0 spiro atoms. The fourth-order valence-electron chi connectivity index (χ4n) is 2.38. The molecule has 0 N–H and O–H groups in total. The van der Waals surface area contributed by atoms with Crippen LogP contribution in [0.2, 0.25) is 0 Å². The predicted octanol–water partition coefficient (Wildman–Crippen LogP) is 3.79. The molecule has 0 fully saturated rings. The van der Waals surface area contributed by atoms with Gasteiger partial charge in [-0.2, -0.15) is 0 Å². The number of carbonyl (C=O) groups is 1. The summed E-state index contributed by atoms with van der Waals surface area (Å²) in [4.78, 5) is 24.0. The molecule has 0 aliphatic rings. The van der Waals surface area contributed by atoms with E-state index in [1.54, 1.807) is 22.7 Å². The van der Waals surface area contributed by atoms with E-state index in [1.807, 2.05) is 50.4 Å². The van der Waals surface area contributed by atoms with Crippen LogP contribution >= 0.6 is 11.3 Å². The molecule has 0 aliphatic heterocycles. The summed E-state index contributed by atoms with van der Waals surface area (Å²) in [6.45, 7) is 2.53. The maximum absolute atomic E-state index is 12.6. The van der Waals surface area contributed by atoms with Gasteiger partial charge in [0.05, 0.1) is 21.8 Å². The highest BCUT2D eigenvalue weighted by Gasteiger charge is 2.14. The van der Waals surface area contributed by atoms with Crippen LogP contribution < -0.4 is 0 Å². The second kappa shape index (κ2) is 6.71. The Kier molecular flexibility index (Phi) is 4.48. The molecule has 3 rings (SSSR count). The maximum atomic E-state index is 12.6. The Morgan fingerprint density at radius 1 is 1.17 bits per heavy atom. The molecule has 4 nitrogen and oxygen atoms in total. The molecule has 0 saturated carbocycles. The van der Waals surface area contributed by atoms with E-state index in [1.165, 1.54) is 11.3 Å². The fraction of sp³-hybridized carbons (Fsp3) is 0.167. The molecule has 3 aromatic rings. The van der Waals surface area contributed by atoms with E-state index in [-0.39, 0.29) is 5.91 Å². The van der Waals surface area contributed by atoms with Crippen molar-refractivity contribution in [2.24, 2.45) is 0 Å². The van der Waals surface area contributed by atoms with Gasteiger partial charge in [-0.15, -0.1) is 11.3 Å². The summed E-state index contributed by atoms with van der Waals surface area (Å²) in [5.74, 6) is -0.0142. The van der Waals surface area contributed by atoms with Crippen LogP contribution in [0.1, 0.15) is 21.6 Å². The summed E-state index contributed by atoms with van der Waals surface area (Å²) in [7, 11) is 1.81. The molecule has 0 saturated heterocycles. The number of amides is 1. The van der Waals surface area contributed by atoms with Crippen LogP contribution in [-0.4, -0.2) is 27.8 Å². The van der Waals surface area contributed by atoms with Crippen molar-refractivity contribution in [3.8, 4) is 10.6 Å². The number of thiazole rings is 1. The van der Waals surface area contributed by atoms with Gasteiger partial charge in [0.15, 0.2) is 0 Å². The van der Waals surface area contributed by atoms with Gasteiger partial charge in [0.1, 0.15) is 0 Å². The molecule has 0 bridgehead atoms. The van der Waals surface area contributed by atoms with Crippen molar-refractivity contribution >= 4 is 17.2 Å². The van der Waals surface area contributed by atoms with Gasteiger partial charge in [0.25, 0.3) is 5.91 Å². The Balaban J connectivity index is 1.81. The van der Waals surface area contributed by atoms with Crippen molar-refractivity contribution in [2.45, 2.75) is 13.5 Å². The Labute approximate surface area is 139 Å². The summed E-state index contributed by atoms with van der Waals surface area (Å²) in [5.41, 5.74) is 5.27. The van der Waals surface area contributed by atoms with Gasteiger partial charge in [0, 0.05) is 25.4 Å². The zero-order chi connectivity index (χ0) is 16.2. The van der Waals surface area contributed by atoms with Crippen molar-refractivity contribution in [1.82, 2.24) is 14.9 Å². The molecule has 5 heteroatoms. The van der Waals surface area contributed by atoms with E-state index in [0.717, 1.165) is 21.8 Å². The first-order chi connectivity index (χ1) is 11.1. The molecule has 1 amide bonds. The standard InChI is InChI=1S/C18H17N3OS/c1-13-17(23-12-20-13)16-10-15(8-9-19-16)18(22)21(2)11-14-6-4-3-5-7-14/h3-10,12H,11H2,1-2H3. The van der Waals surface area contributed by atoms with Crippen LogP contribution in [0.3, 0.4) is 0 Å². The summed E-state index contributed by atoms with van der Waals surface area (Å²) < 4.78 is 0. The van der Waals surface area contributed by atoms with Crippen molar-refractivity contribution in [3.05, 3.63) is 71.0 Å². The van der Waals surface area contributed by atoms with Gasteiger partial charge in [-0.05, 0) is 24.6 Å². The molecule has 1 aromatic carbocycles. The van der Waals surface area contributed by atoms with Gasteiger partial charge in [0.2, 0.25) is 0 Å². The summed E-state index contributed by atoms with van der Waals surface area (Å²) in [6.07, 6.45) is 1.68. The Morgan fingerprint density at radius 2 is 1.96 bits per heavy atom. The molecule has 0 radical (unpaired) electrons. The molecular formula is C18H17N3OS. The van der Waals surface area contributed by atoms with E-state index in [2.05, 4.69) is 9.97 Å². The fourth-order valence-corrected chi connectivity index (χ4v) is 3.16. The average Bonchev–Trinajstić information content (AvgIpc) is 3.01. The third kappa shape index (κ3) is 3.46. The number of pyridine rings is 1. The highest BCUT2D eigenvalue weighted by Crippen LogP contribution is 2.26. The second-order valence-corrected chi connectivity index (χ2v) is 6.20. The third-order valence-corrected chi connectivity index (χ3v) is 4.55. The van der Waals surface area contributed by atoms with E-state index in [0.29, 0.717) is 12.1 Å². The van der Waals surface area contributed by atoms with Crippen LogP contribution in [0.5, 0.6) is 0 Å². The minimum atomic E-state index is -0.0142. The molecule has 2 aromatic heterocycles. The second-order valence-electron chi connectivity index (χ2n) is 5.34. The largest absolute Gasteiger partial charge is 0.337 e. The van der Waals surface area contributed by atoms with Gasteiger partial charge in [-0.3, -0.25) is 9.78 Å². The van der Waals surface area contributed by atoms with Crippen LogP contribution in [-0.2, 0) is 6.54 Å². The molecule has 0 aliphatic carbocycles. The van der Waals surface area contributed by atoms with Crippen LogP contribution in [0.15, 0.2) is 54.2 Å². The number of aryl methyl sites for hydroxylation is 1. The minimum Gasteiger partial charge on any atom is -0.337 e.